The third kappa shape index (κ3) is 9.27. The summed E-state index contributed by atoms with van der Waals surface area (Å²) in [5, 5.41) is 2.33. The molecule has 0 spiro atoms. The van der Waals surface area contributed by atoms with E-state index in [1.807, 2.05) is 30.3 Å². The number of aromatic nitrogens is 6. The van der Waals surface area contributed by atoms with Crippen molar-refractivity contribution in [2.45, 2.75) is 26.2 Å². The second-order valence-electron chi connectivity index (χ2n) is 24.8. The quantitative estimate of drug-likeness (QED) is 0.126. The first kappa shape index (κ1) is 54.4. The number of para-hydroxylation sites is 5. The fourth-order valence-corrected chi connectivity index (χ4v) is 13.9. The average Bonchev–Trinajstić information content (AvgIpc) is 0.822. The van der Waals surface area contributed by atoms with Gasteiger partial charge in [-0.15, -0.1) is 0 Å². The first-order chi connectivity index (χ1) is 45.3. The standard InChI is InChI=1S/C83H59BN8/c1-83(2,3)60-45-48-72-65(52-60)64-38-19-22-41-71(64)92(72)73-47-44-59(80-85-69(54-26-9-4-10-27-54)53-70(86-80)55-28-11-5-12-29-55)51-66(73)82-88-79(56-30-13-6-14-31-56)87-81(89-82)58-33-25-32-57(50-58)63-46-49-76-77-78(63)91(62-36-17-8-18-37-62)75-43-24-21-40-68(75)84(77)67-39-20-23-42-74(67)90(76)61-34-15-7-16-35-61/h4-53H,1-3H3. The van der Waals surface area contributed by atoms with Crippen molar-refractivity contribution in [2.75, 3.05) is 9.80 Å². The summed E-state index contributed by atoms with van der Waals surface area (Å²) >= 11 is 0. The Morgan fingerprint density at radius 3 is 1.45 bits per heavy atom. The molecule has 0 saturated carbocycles. The van der Waals surface area contributed by atoms with Crippen molar-refractivity contribution in [2.24, 2.45) is 0 Å². The van der Waals surface area contributed by atoms with Crippen LogP contribution in [0.4, 0.5) is 34.1 Å². The molecule has 92 heavy (non-hydrogen) atoms. The molecule has 2 aliphatic rings. The van der Waals surface area contributed by atoms with E-state index in [2.05, 4.69) is 308 Å². The molecule has 3 aromatic heterocycles. The monoisotopic (exact) mass is 1180 g/mol. The highest BCUT2D eigenvalue weighted by atomic mass is 15.2. The summed E-state index contributed by atoms with van der Waals surface area (Å²) in [6.07, 6.45) is 0. The number of rotatable bonds is 10. The molecule has 0 atom stereocenters. The van der Waals surface area contributed by atoms with Gasteiger partial charge in [-0.3, -0.25) is 0 Å². The van der Waals surface area contributed by atoms with Gasteiger partial charge in [0.1, 0.15) is 0 Å². The highest BCUT2D eigenvalue weighted by Gasteiger charge is 2.44. The van der Waals surface area contributed by atoms with Crippen LogP contribution in [0.25, 0.3) is 107 Å². The van der Waals surface area contributed by atoms with Crippen LogP contribution in [-0.4, -0.2) is 36.2 Å². The van der Waals surface area contributed by atoms with Crippen LogP contribution in [0.1, 0.15) is 26.3 Å². The van der Waals surface area contributed by atoms with Gasteiger partial charge >= 0.3 is 0 Å². The molecule has 0 radical (unpaired) electrons. The smallest absolute Gasteiger partial charge is 0.252 e. The topological polar surface area (TPSA) is 75.9 Å². The number of hydrogen-bond donors (Lipinski definition) is 0. The summed E-state index contributed by atoms with van der Waals surface area (Å²) in [6.45, 7) is 6.77. The van der Waals surface area contributed by atoms with Gasteiger partial charge in [0.15, 0.2) is 23.3 Å². The van der Waals surface area contributed by atoms with Gasteiger partial charge in [-0.1, -0.05) is 233 Å². The van der Waals surface area contributed by atoms with Crippen LogP contribution in [0.5, 0.6) is 0 Å². The summed E-state index contributed by atoms with van der Waals surface area (Å²) < 4.78 is 2.38. The van der Waals surface area contributed by atoms with E-state index in [9.17, 15) is 0 Å². The van der Waals surface area contributed by atoms with Crippen molar-refractivity contribution >= 4 is 79.0 Å². The molecule has 12 aromatic carbocycles. The SMILES string of the molecule is CC(C)(C)c1ccc2c(c1)c1ccccc1n2-c1ccc(-c2nc(-c3ccccc3)cc(-c3ccccc3)n2)cc1-c1nc(-c2ccccc2)nc(-c2cccc(-c3ccc4c5c3N(c3ccccc3)c3ccccc3B5c3ccccc3N4c3ccccc3)c2)n1. The van der Waals surface area contributed by atoms with E-state index in [4.69, 9.17) is 24.9 Å². The maximum atomic E-state index is 5.68. The molecule has 17 rings (SSSR count). The van der Waals surface area contributed by atoms with Crippen LogP contribution in [0.2, 0.25) is 0 Å². The van der Waals surface area contributed by atoms with Gasteiger partial charge in [-0.25, -0.2) is 24.9 Å². The second kappa shape index (κ2) is 22.0. The predicted molar refractivity (Wildman–Crippen MR) is 381 cm³/mol. The third-order valence-corrected chi connectivity index (χ3v) is 18.2. The largest absolute Gasteiger partial charge is 0.311 e. The van der Waals surface area contributed by atoms with Crippen LogP contribution in [-0.2, 0) is 5.41 Å². The van der Waals surface area contributed by atoms with Crippen molar-refractivity contribution in [3.63, 3.8) is 0 Å². The molecule has 0 fully saturated rings. The third-order valence-electron chi connectivity index (χ3n) is 18.2. The zero-order valence-corrected chi connectivity index (χ0v) is 51.0. The van der Waals surface area contributed by atoms with E-state index >= 15 is 0 Å². The van der Waals surface area contributed by atoms with Crippen LogP contribution in [0.15, 0.2) is 303 Å². The van der Waals surface area contributed by atoms with Crippen molar-refractivity contribution in [1.29, 1.82) is 0 Å². The van der Waals surface area contributed by atoms with Gasteiger partial charge in [-0.2, -0.15) is 0 Å². The lowest BCUT2D eigenvalue weighted by molar-refractivity contribution is 0.591. The van der Waals surface area contributed by atoms with E-state index in [-0.39, 0.29) is 12.1 Å². The number of anilines is 6. The molecule has 2 aliphatic heterocycles. The second-order valence-corrected chi connectivity index (χ2v) is 24.8. The Hall–Kier alpha value is -11.8. The fourth-order valence-electron chi connectivity index (χ4n) is 13.9. The normalized spacial score (nSPS) is 12.4. The molecule has 0 aliphatic carbocycles. The van der Waals surface area contributed by atoms with Crippen molar-refractivity contribution in [1.82, 2.24) is 29.5 Å². The van der Waals surface area contributed by atoms with Crippen LogP contribution in [0, 0.1) is 0 Å². The summed E-state index contributed by atoms with van der Waals surface area (Å²) in [6, 6.07) is 108. The minimum absolute atomic E-state index is 0.0499. The van der Waals surface area contributed by atoms with Crippen LogP contribution >= 0.6 is 0 Å². The highest BCUT2D eigenvalue weighted by molar-refractivity contribution is 7.00. The van der Waals surface area contributed by atoms with Gasteiger partial charge in [-0.05, 0) is 124 Å². The maximum absolute atomic E-state index is 5.68. The molecular weight excluding hydrogens is 1120 g/mol. The molecule has 434 valence electrons. The number of benzene rings is 12. The maximum Gasteiger partial charge on any atom is 0.252 e. The molecule has 8 nitrogen and oxygen atoms in total. The average molecular weight is 1180 g/mol. The summed E-state index contributed by atoms with van der Waals surface area (Å²) in [5.74, 6) is 2.18. The fraction of sp³-hybridized carbons (Fsp3) is 0.0482. The molecule has 0 bridgehead atoms. The van der Waals surface area contributed by atoms with E-state index in [1.165, 1.54) is 33.0 Å². The number of hydrogen-bond acceptors (Lipinski definition) is 7. The Balaban J connectivity index is 0.904. The van der Waals surface area contributed by atoms with Gasteiger partial charge in [0.05, 0.1) is 33.8 Å². The van der Waals surface area contributed by atoms with Crippen LogP contribution in [0.3, 0.4) is 0 Å². The Kier molecular flexibility index (Phi) is 13.0. The predicted octanol–water partition coefficient (Wildman–Crippen LogP) is 18.8. The van der Waals surface area contributed by atoms with E-state index in [1.54, 1.807) is 0 Å². The molecule has 0 amide bonds. The van der Waals surface area contributed by atoms with Gasteiger partial charge in [0.2, 0.25) is 0 Å². The lowest BCUT2D eigenvalue weighted by Gasteiger charge is -2.45. The van der Waals surface area contributed by atoms with Crippen LogP contribution < -0.4 is 26.2 Å². The first-order valence-corrected chi connectivity index (χ1v) is 31.4. The Morgan fingerprint density at radius 2 is 0.793 bits per heavy atom. The molecule has 0 N–H and O–H groups in total. The minimum Gasteiger partial charge on any atom is -0.311 e. The minimum atomic E-state index is -0.0641. The molecule has 15 aromatic rings. The van der Waals surface area contributed by atoms with Gasteiger partial charge < -0.3 is 14.4 Å². The zero-order chi connectivity index (χ0) is 61.4. The lowest BCUT2D eigenvalue weighted by Crippen LogP contribution is -2.61. The number of nitrogens with zero attached hydrogens (tertiary/aromatic N) is 8. The Morgan fingerprint density at radius 1 is 0.304 bits per heavy atom. The Labute approximate surface area is 535 Å². The molecule has 0 unspecified atom stereocenters. The summed E-state index contributed by atoms with van der Waals surface area (Å²) in [4.78, 5) is 32.3. The molecule has 9 heteroatoms. The zero-order valence-electron chi connectivity index (χ0n) is 51.0. The van der Waals surface area contributed by atoms with Gasteiger partial charge in [0, 0.05) is 78.2 Å². The molecule has 0 saturated heterocycles. The van der Waals surface area contributed by atoms with Crippen molar-refractivity contribution in [3.8, 4) is 84.9 Å². The van der Waals surface area contributed by atoms with Crippen molar-refractivity contribution in [3.05, 3.63) is 309 Å². The van der Waals surface area contributed by atoms with Crippen molar-refractivity contribution < 1.29 is 0 Å². The summed E-state index contributed by atoms with van der Waals surface area (Å²) in [7, 11) is 0. The lowest BCUT2D eigenvalue weighted by atomic mass is 9.33. The molecule has 5 heterocycles. The van der Waals surface area contributed by atoms with E-state index in [0.29, 0.717) is 23.3 Å². The molecular formula is C83H59BN8. The highest BCUT2D eigenvalue weighted by Crippen LogP contribution is 2.49. The Bertz CT molecular complexity index is 5270. The van der Waals surface area contributed by atoms with E-state index < -0.39 is 0 Å². The number of fused-ring (bicyclic) bond motifs is 7. The summed E-state index contributed by atoms with van der Waals surface area (Å²) in [5.41, 5.74) is 23.9. The van der Waals surface area contributed by atoms with E-state index in [0.717, 1.165) is 106 Å². The first-order valence-electron chi connectivity index (χ1n) is 31.4. The van der Waals surface area contributed by atoms with Gasteiger partial charge in [0.25, 0.3) is 6.71 Å².